The van der Waals surface area contributed by atoms with Gasteiger partial charge in [0.05, 0.1) is 0 Å². The van der Waals surface area contributed by atoms with Crippen LogP contribution in [0.3, 0.4) is 0 Å². The smallest absolute Gasteiger partial charge is 0.0227 e. The second-order valence-electron chi connectivity index (χ2n) is 3.46. The monoisotopic (exact) mass is 172 g/mol. The fraction of sp³-hybridized carbons (Fsp3) is 0.231. The topological polar surface area (TPSA) is 0 Å². The van der Waals surface area contributed by atoms with Gasteiger partial charge in [0.15, 0.2) is 0 Å². The Morgan fingerprint density at radius 2 is 1.85 bits per heavy atom. The normalized spacial score (nSPS) is 10.4. The molecule has 0 heteroatoms. The average molecular weight is 172 g/mol. The molecule has 0 heterocycles. The molecule has 0 fully saturated rings. The van der Waals surface area contributed by atoms with Gasteiger partial charge in [-0.05, 0) is 31.9 Å². The van der Waals surface area contributed by atoms with Crippen molar-refractivity contribution in [1.82, 2.24) is 0 Å². The number of hydrogen-bond acceptors (Lipinski definition) is 0. The van der Waals surface area contributed by atoms with Crippen LogP contribution in [-0.4, -0.2) is 0 Å². The SMILES string of the molecule is CC(C)=C/C=C\c1ccccc1C. The van der Waals surface area contributed by atoms with Crippen molar-refractivity contribution in [3.63, 3.8) is 0 Å². The minimum Gasteiger partial charge on any atom is -0.0764 e. The fourth-order valence-electron chi connectivity index (χ4n) is 1.12. The van der Waals surface area contributed by atoms with Gasteiger partial charge >= 0.3 is 0 Å². The summed E-state index contributed by atoms with van der Waals surface area (Å²) in [4.78, 5) is 0. The molecule has 0 aliphatic carbocycles. The van der Waals surface area contributed by atoms with Gasteiger partial charge < -0.3 is 0 Å². The summed E-state index contributed by atoms with van der Waals surface area (Å²) in [6, 6.07) is 8.38. The van der Waals surface area contributed by atoms with E-state index < -0.39 is 0 Å². The summed E-state index contributed by atoms with van der Waals surface area (Å²) in [6.45, 7) is 6.33. The predicted molar refractivity (Wildman–Crippen MR) is 59.6 cm³/mol. The van der Waals surface area contributed by atoms with E-state index in [-0.39, 0.29) is 0 Å². The maximum absolute atomic E-state index is 2.14. The van der Waals surface area contributed by atoms with Crippen molar-refractivity contribution in [2.45, 2.75) is 20.8 Å². The molecule has 1 aromatic carbocycles. The van der Waals surface area contributed by atoms with E-state index in [0.717, 1.165) is 0 Å². The largest absolute Gasteiger partial charge is 0.0764 e. The van der Waals surface area contributed by atoms with Gasteiger partial charge in [0.1, 0.15) is 0 Å². The van der Waals surface area contributed by atoms with E-state index in [2.05, 4.69) is 63.3 Å². The summed E-state index contributed by atoms with van der Waals surface area (Å²) >= 11 is 0. The lowest BCUT2D eigenvalue weighted by molar-refractivity contribution is 1.39. The second kappa shape index (κ2) is 4.66. The third-order valence-corrected chi connectivity index (χ3v) is 1.89. The summed E-state index contributed by atoms with van der Waals surface area (Å²) in [5.41, 5.74) is 3.94. The Kier molecular flexibility index (Phi) is 3.51. The van der Waals surface area contributed by atoms with E-state index in [0.29, 0.717) is 0 Å². The fourth-order valence-corrected chi connectivity index (χ4v) is 1.12. The molecule has 0 unspecified atom stereocenters. The molecule has 0 amide bonds. The van der Waals surface area contributed by atoms with Crippen molar-refractivity contribution in [2.24, 2.45) is 0 Å². The molecule has 0 saturated heterocycles. The minimum absolute atomic E-state index is 1.29. The average Bonchev–Trinajstić information content (AvgIpc) is 2.08. The van der Waals surface area contributed by atoms with Crippen LogP contribution in [0.4, 0.5) is 0 Å². The third-order valence-electron chi connectivity index (χ3n) is 1.89. The summed E-state index contributed by atoms with van der Waals surface area (Å²) in [5.74, 6) is 0. The number of hydrogen-bond donors (Lipinski definition) is 0. The summed E-state index contributed by atoms with van der Waals surface area (Å²) < 4.78 is 0. The molecule has 0 atom stereocenters. The zero-order valence-corrected chi connectivity index (χ0v) is 8.54. The van der Waals surface area contributed by atoms with E-state index in [4.69, 9.17) is 0 Å². The van der Waals surface area contributed by atoms with Crippen LogP contribution in [0, 0.1) is 6.92 Å². The Balaban J connectivity index is 2.80. The Morgan fingerprint density at radius 3 is 2.46 bits per heavy atom. The zero-order chi connectivity index (χ0) is 9.68. The molecule has 13 heavy (non-hydrogen) atoms. The van der Waals surface area contributed by atoms with E-state index in [1.807, 2.05) is 0 Å². The molecule has 0 saturated carbocycles. The van der Waals surface area contributed by atoms with Gasteiger partial charge in [-0.15, -0.1) is 0 Å². The van der Waals surface area contributed by atoms with Crippen molar-refractivity contribution >= 4 is 6.08 Å². The summed E-state index contributed by atoms with van der Waals surface area (Å²) in [5, 5.41) is 0. The van der Waals surface area contributed by atoms with Crippen LogP contribution in [-0.2, 0) is 0 Å². The van der Waals surface area contributed by atoms with E-state index in [1.54, 1.807) is 0 Å². The van der Waals surface area contributed by atoms with E-state index in [9.17, 15) is 0 Å². The van der Waals surface area contributed by atoms with Crippen LogP contribution in [0.1, 0.15) is 25.0 Å². The third kappa shape index (κ3) is 3.29. The van der Waals surface area contributed by atoms with Crippen LogP contribution < -0.4 is 0 Å². The van der Waals surface area contributed by atoms with Crippen LogP contribution in [0.25, 0.3) is 6.08 Å². The molecule has 0 N–H and O–H groups in total. The molecule has 1 rings (SSSR count). The van der Waals surface area contributed by atoms with Gasteiger partial charge in [0, 0.05) is 0 Å². The van der Waals surface area contributed by atoms with E-state index >= 15 is 0 Å². The van der Waals surface area contributed by atoms with Gasteiger partial charge in [0.25, 0.3) is 0 Å². The summed E-state index contributed by atoms with van der Waals surface area (Å²) in [7, 11) is 0. The predicted octanol–water partition coefficient (Wildman–Crippen LogP) is 3.97. The van der Waals surface area contributed by atoms with Gasteiger partial charge in [-0.25, -0.2) is 0 Å². The first kappa shape index (κ1) is 9.79. The molecular formula is C13H16. The standard InChI is InChI=1S/C13H16/c1-11(2)7-6-10-13-9-5-4-8-12(13)3/h4-10H,1-3H3/b10-6-. The first-order valence-electron chi connectivity index (χ1n) is 4.57. The second-order valence-corrected chi connectivity index (χ2v) is 3.46. The molecule has 0 nitrogen and oxygen atoms in total. The highest BCUT2D eigenvalue weighted by molar-refractivity contribution is 5.54. The number of benzene rings is 1. The molecular weight excluding hydrogens is 156 g/mol. The van der Waals surface area contributed by atoms with Crippen molar-refractivity contribution in [2.75, 3.05) is 0 Å². The highest BCUT2D eigenvalue weighted by atomic mass is 13.9. The lowest BCUT2D eigenvalue weighted by atomic mass is 10.1. The van der Waals surface area contributed by atoms with Gasteiger partial charge in [-0.2, -0.15) is 0 Å². The molecule has 1 aromatic rings. The molecule has 0 bridgehead atoms. The quantitative estimate of drug-likeness (QED) is 0.592. The minimum atomic E-state index is 1.29. The van der Waals surface area contributed by atoms with Crippen molar-refractivity contribution in [1.29, 1.82) is 0 Å². The number of aryl methyl sites for hydroxylation is 1. The highest BCUT2D eigenvalue weighted by Crippen LogP contribution is 2.08. The maximum Gasteiger partial charge on any atom is -0.0227 e. The van der Waals surface area contributed by atoms with E-state index in [1.165, 1.54) is 16.7 Å². The van der Waals surface area contributed by atoms with Gasteiger partial charge in [-0.3, -0.25) is 0 Å². The zero-order valence-electron chi connectivity index (χ0n) is 8.54. The molecule has 0 aliphatic rings. The first-order valence-corrected chi connectivity index (χ1v) is 4.57. The van der Waals surface area contributed by atoms with Crippen molar-refractivity contribution in [3.8, 4) is 0 Å². The van der Waals surface area contributed by atoms with Gasteiger partial charge in [-0.1, -0.05) is 48.1 Å². The van der Waals surface area contributed by atoms with Crippen LogP contribution in [0.2, 0.25) is 0 Å². The van der Waals surface area contributed by atoms with Gasteiger partial charge in [0.2, 0.25) is 0 Å². The lowest BCUT2D eigenvalue weighted by Gasteiger charge is -1.96. The first-order chi connectivity index (χ1) is 6.20. The van der Waals surface area contributed by atoms with Crippen LogP contribution in [0.15, 0.2) is 42.0 Å². The molecule has 0 spiro atoms. The molecule has 68 valence electrons. The van der Waals surface area contributed by atoms with Crippen molar-refractivity contribution < 1.29 is 0 Å². The highest BCUT2D eigenvalue weighted by Gasteiger charge is 1.88. The molecule has 0 aromatic heterocycles. The Labute approximate surface area is 80.6 Å². The molecule has 0 aliphatic heterocycles. The Bertz CT molecular complexity index is 326. The Hall–Kier alpha value is -1.30. The Morgan fingerprint density at radius 1 is 1.15 bits per heavy atom. The van der Waals surface area contributed by atoms with Crippen LogP contribution in [0.5, 0.6) is 0 Å². The number of allylic oxidation sites excluding steroid dienone is 3. The van der Waals surface area contributed by atoms with Crippen molar-refractivity contribution in [3.05, 3.63) is 53.1 Å². The lowest BCUT2D eigenvalue weighted by Crippen LogP contribution is -1.77. The maximum atomic E-state index is 2.14. The summed E-state index contributed by atoms with van der Waals surface area (Å²) in [6.07, 6.45) is 6.35. The van der Waals surface area contributed by atoms with Crippen LogP contribution >= 0.6 is 0 Å². The number of rotatable bonds is 2. The molecule has 0 radical (unpaired) electrons.